The molecule has 0 aliphatic carbocycles. The van der Waals surface area contributed by atoms with Crippen molar-refractivity contribution in [3.8, 4) is 0 Å². The fourth-order valence-corrected chi connectivity index (χ4v) is 6.79. The van der Waals surface area contributed by atoms with Gasteiger partial charge in [-0.1, -0.05) is 121 Å². The smallest absolute Gasteiger partial charge is 0.306 e. The number of hydrogen-bond donors (Lipinski definition) is 4. The molecule has 1 heterocycles. The maximum Gasteiger partial charge on any atom is 0.306 e. The summed E-state index contributed by atoms with van der Waals surface area (Å²) in [5.41, 5.74) is 0. The summed E-state index contributed by atoms with van der Waals surface area (Å²) in [4.78, 5) is 25.3. The van der Waals surface area contributed by atoms with Crippen molar-refractivity contribution >= 4 is 22.1 Å². The third kappa shape index (κ3) is 28.0. The number of carbonyl (C=O) groups is 2. The Morgan fingerprint density at radius 3 is 1.69 bits per heavy atom. The van der Waals surface area contributed by atoms with Crippen LogP contribution in [0.25, 0.3) is 0 Å². The van der Waals surface area contributed by atoms with Gasteiger partial charge >= 0.3 is 11.9 Å². The van der Waals surface area contributed by atoms with Gasteiger partial charge in [-0.25, -0.2) is 0 Å². The van der Waals surface area contributed by atoms with Crippen LogP contribution in [0, 0.1) is 0 Å². The molecule has 0 aromatic rings. The van der Waals surface area contributed by atoms with Crippen LogP contribution >= 0.6 is 0 Å². The topological polar surface area (TPSA) is 186 Å². The zero-order valence-electron chi connectivity index (χ0n) is 33.8. The second-order valence-corrected chi connectivity index (χ2v) is 16.1. The molecule has 12 nitrogen and oxygen atoms in total. The van der Waals surface area contributed by atoms with Crippen LogP contribution in [0.1, 0.15) is 162 Å². The van der Waals surface area contributed by atoms with E-state index in [9.17, 15) is 37.9 Å². The number of hydrogen-bond acceptors (Lipinski definition) is 11. The number of unbranched alkanes of at least 4 members (excludes halogenated alkanes) is 16. The lowest BCUT2D eigenvalue weighted by Crippen LogP contribution is -2.60. The highest BCUT2D eigenvalue weighted by molar-refractivity contribution is 7.85. The van der Waals surface area contributed by atoms with Crippen LogP contribution in [-0.2, 0) is 38.7 Å². The van der Waals surface area contributed by atoms with E-state index in [1.54, 1.807) is 0 Å². The summed E-state index contributed by atoms with van der Waals surface area (Å²) in [5.74, 6) is -2.02. The first-order valence-corrected chi connectivity index (χ1v) is 22.7. The minimum atomic E-state index is -4.60. The fraction of sp³-hybridized carbons (Fsp3) is 0.810. The van der Waals surface area contributed by atoms with Crippen molar-refractivity contribution in [2.24, 2.45) is 0 Å². The molecule has 4 N–H and O–H groups in total. The van der Waals surface area contributed by atoms with E-state index >= 15 is 0 Å². The zero-order valence-corrected chi connectivity index (χ0v) is 34.6. The van der Waals surface area contributed by atoms with Crippen LogP contribution in [0.15, 0.2) is 36.5 Å². The highest BCUT2D eigenvalue weighted by Crippen LogP contribution is 2.24. The van der Waals surface area contributed by atoms with Crippen molar-refractivity contribution in [3.63, 3.8) is 0 Å². The molecule has 1 rings (SSSR count). The van der Waals surface area contributed by atoms with Crippen LogP contribution in [0.4, 0.5) is 0 Å². The van der Waals surface area contributed by atoms with Crippen molar-refractivity contribution in [2.75, 3.05) is 19.0 Å². The summed E-state index contributed by atoms with van der Waals surface area (Å²) in [6.07, 6.45) is 26.2. The fourth-order valence-electron chi connectivity index (χ4n) is 6.10. The highest BCUT2D eigenvalue weighted by atomic mass is 32.2. The Labute approximate surface area is 331 Å². The first kappa shape index (κ1) is 50.9. The number of aliphatic hydroxyl groups is 3. The largest absolute Gasteiger partial charge is 0.462 e. The van der Waals surface area contributed by atoms with E-state index in [0.717, 1.165) is 70.6 Å². The molecule has 0 saturated carbocycles. The van der Waals surface area contributed by atoms with Gasteiger partial charge in [0, 0.05) is 12.8 Å². The zero-order chi connectivity index (χ0) is 40.6. The van der Waals surface area contributed by atoms with Crippen LogP contribution in [-0.4, -0.2) is 96.0 Å². The van der Waals surface area contributed by atoms with E-state index in [4.69, 9.17) is 18.9 Å². The lowest BCUT2D eigenvalue weighted by molar-refractivity contribution is -0.297. The third-order valence-electron chi connectivity index (χ3n) is 9.44. The maximum atomic E-state index is 12.8. The molecule has 2 unspecified atom stereocenters. The first-order chi connectivity index (χ1) is 26.5. The standard InChI is InChI=1S/C42H74O12S/c1-3-5-7-9-11-13-15-17-19-20-22-24-26-28-30-37(43)51-32-35(33-52-42-41(47)40(46)39(45)36(54-42)34-55(48,49)50)53-38(44)31-29-27-25-23-21-18-16-14-12-10-8-6-4-2/h9,11,15,17-18,21,35-36,39-42,45-47H,3-8,10,12-14,16,19-20,22-34H2,1-2H3,(H,48,49,50)/b11-9+,17-15+,21-18+/t35-,36-,39-,40?,41?,42+/m1/s1. The van der Waals surface area contributed by atoms with Gasteiger partial charge in [0.1, 0.15) is 36.8 Å². The molecule has 0 aromatic carbocycles. The number of esters is 2. The third-order valence-corrected chi connectivity index (χ3v) is 10.2. The van der Waals surface area contributed by atoms with Gasteiger partial charge in [-0.3, -0.25) is 14.1 Å². The summed E-state index contributed by atoms with van der Waals surface area (Å²) < 4.78 is 53.9. The number of carbonyl (C=O) groups excluding carboxylic acids is 2. The van der Waals surface area contributed by atoms with Crippen LogP contribution in [0.3, 0.4) is 0 Å². The normalized spacial score (nSPS) is 21.2. The Morgan fingerprint density at radius 2 is 1.11 bits per heavy atom. The van der Waals surface area contributed by atoms with Gasteiger partial charge in [0.05, 0.1) is 6.61 Å². The van der Waals surface area contributed by atoms with Crippen molar-refractivity contribution < 1.29 is 56.8 Å². The van der Waals surface area contributed by atoms with Crippen LogP contribution in [0.5, 0.6) is 0 Å². The van der Waals surface area contributed by atoms with Crippen molar-refractivity contribution in [1.82, 2.24) is 0 Å². The minimum absolute atomic E-state index is 0.141. The molecule has 1 fully saturated rings. The van der Waals surface area contributed by atoms with Gasteiger partial charge in [-0.2, -0.15) is 8.42 Å². The van der Waals surface area contributed by atoms with Gasteiger partial charge in [-0.05, 0) is 64.2 Å². The molecule has 13 heteroatoms. The van der Waals surface area contributed by atoms with E-state index in [-0.39, 0.29) is 19.4 Å². The number of allylic oxidation sites excluding steroid dienone is 6. The maximum absolute atomic E-state index is 12.8. The minimum Gasteiger partial charge on any atom is -0.462 e. The Kier molecular flexibility index (Phi) is 30.4. The molecule has 0 spiro atoms. The van der Waals surface area contributed by atoms with Gasteiger partial charge < -0.3 is 34.3 Å². The Hall–Kier alpha value is -2.13. The van der Waals surface area contributed by atoms with E-state index < -0.39 is 71.2 Å². The molecular weight excluding hydrogens is 729 g/mol. The monoisotopic (exact) mass is 802 g/mol. The summed E-state index contributed by atoms with van der Waals surface area (Å²) in [6, 6.07) is 0. The average Bonchev–Trinajstić information content (AvgIpc) is 3.14. The summed E-state index contributed by atoms with van der Waals surface area (Å²) >= 11 is 0. The van der Waals surface area contributed by atoms with Crippen LogP contribution < -0.4 is 0 Å². The molecule has 6 atom stereocenters. The Morgan fingerprint density at radius 1 is 0.618 bits per heavy atom. The lowest BCUT2D eigenvalue weighted by Gasteiger charge is -2.40. The summed E-state index contributed by atoms with van der Waals surface area (Å²) in [6.45, 7) is 3.66. The van der Waals surface area contributed by atoms with Crippen molar-refractivity contribution in [3.05, 3.63) is 36.5 Å². The Balaban J connectivity index is 2.51. The molecule has 1 aliphatic heterocycles. The SMILES string of the molecule is CCCC/C=C/C/C=C/CCCCCCCC(=O)OC[C@H](CO[C@H]1O[C@H](CS(=O)(=O)O)[C@@H](O)C(O)C1O)OC(=O)CCCCC/C=C/CCCCCCCC. The number of rotatable bonds is 34. The van der Waals surface area contributed by atoms with E-state index in [1.807, 2.05) is 0 Å². The van der Waals surface area contributed by atoms with Gasteiger partial charge in [-0.15, -0.1) is 0 Å². The van der Waals surface area contributed by atoms with Crippen molar-refractivity contribution in [1.29, 1.82) is 0 Å². The Bertz CT molecular complexity index is 1170. The second-order valence-electron chi connectivity index (χ2n) is 14.6. The molecule has 320 valence electrons. The molecule has 0 aromatic heterocycles. The lowest BCUT2D eigenvalue weighted by atomic mass is 10.00. The molecule has 1 saturated heterocycles. The predicted octanol–water partition coefficient (Wildman–Crippen LogP) is 7.83. The van der Waals surface area contributed by atoms with Gasteiger partial charge in [0.25, 0.3) is 10.1 Å². The molecular formula is C42H74O12S. The summed E-state index contributed by atoms with van der Waals surface area (Å²) in [7, 11) is -4.60. The van der Waals surface area contributed by atoms with E-state index in [2.05, 4.69) is 50.3 Å². The molecule has 0 radical (unpaired) electrons. The van der Waals surface area contributed by atoms with Gasteiger partial charge in [0.15, 0.2) is 12.4 Å². The quantitative estimate of drug-likeness (QED) is 0.0214. The van der Waals surface area contributed by atoms with E-state index in [0.29, 0.717) is 12.8 Å². The molecule has 1 aliphatic rings. The molecule has 55 heavy (non-hydrogen) atoms. The van der Waals surface area contributed by atoms with E-state index in [1.165, 1.54) is 51.4 Å². The average molecular weight is 803 g/mol. The molecule has 0 bridgehead atoms. The predicted molar refractivity (Wildman–Crippen MR) is 215 cm³/mol. The molecule has 0 amide bonds. The number of ether oxygens (including phenoxy) is 4. The highest BCUT2D eigenvalue weighted by Gasteiger charge is 2.46. The van der Waals surface area contributed by atoms with Crippen LogP contribution in [0.2, 0.25) is 0 Å². The first-order valence-electron chi connectivity index (χ1n) is 21.0. The summed E-state index contributed by atoms with van der Waals surface area (Å²) in [5, 5.41) is 30.8. The number of aliphatic hydroxyl groups excluding tert-OH is 3. The van der Waals surface area contributed by atoms with Gasteiger partial charge in [0.2, 0.25) is 0 Å². The van der Waals surface area contributed by atoms with Crippen molar-refractivity contribution in [2.45, 2.75) is 198 Å². The second kappa shape index (κ2) is 32.9.